The molecule has 0 atom stereocenters. The number of imidazole rings is 1. The molecule has 0 radical (unpaired) electrons. The van der Waals surface area contributed by atoms with Gasteiger partial charge in [0.25, 0.3) is 0 Å². The number of carbonyl (C=O) groups excluding carboxylic acids is 1. The maximum atomic E-state index is 12.4. The number of para-hydroxylation sites is 2. The molecule has 1 aromatic carbocycles. The zero-order chi connectivity index (χ0) is 17.1. The second-order valence-corrected chi connectivity index (χ2v) is 6.28. The zero-order valence-corrected chi connectivity index (χ0v) is 14.2. The van der Waals surface area contributed by atoms with Crippen LogP contribution >= 0.6 is 11.3 Å². The third-order valence-electron chi connectivity index (χ3n) is 3.89. The van der Waals surface area contributed by atoms with Gasteiger partial charge in [0.2, 0.25) is 5.91 Å². The van der Waals surface area contributed by atoms with Crippen molar-refractivity contribution in [3.8, 4) is 11.5 Å². The summed E-state index contributed by atoms with van der Waals surface area (Å²) in [7, 11) is 0. The minimum Gasteiger partial charge on any atom is -0.469 e. The molecule has 0 saturated carbocycles. The summed E-state index contributed by atoms with van der Waals surface area (Å²) in [5.41, 5.74) is 4.33. The van der Waals surface area contributed by atoms with E-state index in [0.29, 0.717) is 18.8 Å². The standard InChI is InChI=1S/C18H16N4O2S/c23-17(19-8-7-13-4-3-9-24-13)10-22-16-6-2-1-5-14(16)21-18(22)15-11-25-12-20-15/h1-6,9,11-12H,7-8,10H2,(H,19,23). The van der Waals surface area contributed by atoms with Crippen LogP contribution in [0.15, 0.2) is 58.0 Å². The number of nitrogens with one attached hydrogen (secondary N) is 1. The van der Waals surface area contributed by atoms with Crippen molar-refractivity contribution in [2.24, 2.45) is 0 Å². The fourth-order valence-corrected chi connectivity index (χ4v) is 3.26. The number of hydrogen-bond donors (Lipinski definition) is 1. The first-order chi connectivity index (χ1) is 12.3. The van der Waals surface area contributed by atoms with Gasteiger partial charge in [0.1, 0.15) is 18.0 Å². The number of fused-ring (bicyclic) bond motifs is 1. The maximum Gasteiger partial charge on any atom is 0.240 e. The topological polar surface area (TPSA) is 73.0 Å². The number of benzene rings is 1. The molecule has 0 aliphatic rings. The molecule has 25 heavy (non-hydrogen) atoms. The Morgan fingerprint density at radius 1 is 1.24 bits per heavy atom. The van der Waals surface area contributed by atoms with E-state index in [2.05, 4.69) is 15.3 Å². The normalized spacial score (nSPS) is 11.0. The van der Waals surface area contributed by atoms with Crippen LogP contribution in [0.5, 0.6) is 0 Å². The lowest BCUT2D eigenvalue weighted by Gasteiger charge is -2.08. The molecule has 1 amide bonds. The summed E-state index contributed by atoms with van der Waals surface area (Å²) in [6.07, 6.45) is 2.30. The predicted molar refractivity (Wildman–Crippen MR) is 96.3 cm³/mol. The monoisotopic (exact) mass is 352 g/mol. The fourth-order valence-electron chi connectivity index (χ4n) is 2.73. The fraction of sp³-hybridized carbons (Fsp3) is 0.167. The molecule has 0 bridgehead atoms. The van der Waals surface area contributed by atoms with E-state index in [1.54, 1.807) is 11.8 Å². The highest BCUT2D eigenvalue weighted by atomic mass is 32.1. The molecule has 3 heterocycles. The van der Waals surface area contributed by atoms with E-state index < -0.39 is 0 Å². The number of amides is 1. The molecule has 6 nitrogen and oxygen atoms in total. The lowest BCUT2D eigenvalue weighted by atomic mass is 10.3. The minimum atomic E-state index is -0.0637. The number of nitrogens with zero attached hydrogens (tertiary/aromatic N) is 3. The van der Waals surface area contributed by atoms with Gasteiger partial charge in [-0.15, -0.1) is 11.3 Å². The van der Waals surface area contributed by atoms with E-state index in [1.165, 1.54) is 11.3 Å². The third-order valence-corrected chi connectivity index (χ3v) is 4.48. The van der Waals surface area contributed by atoms with Crippen LogP contribution in [0.2, 0.25) is 0 Å². The van der Waals surface area contributed by atoms with Crippen molar-refractivity contribution in [2.45, 2.75) is 13.0 Å². The van der Waals surface area contributed by atoms with Crippen LogP contribution in [0, 0.1) is 0 Å². The molecule has 0 spiro atoms. The molecule has 1 N–H and O–H groups in total. The third kappa shape index (κ3) is 3.32. The molecule has 0 saturated heterocycles. The Bertz CT molecular complexity index is 974. The Balaban J connectivity index is 1.53. The van der Waals surface area contributed by atoms with E-state index in [1.807, 2.05) is 46.3 Å². The molecule has 7 heteroatoms. The van der Waals surface area contributed by atoms with Crippen molar-refractivity contribution >= 4 is 28.3 Å². The molecule has 0 aliphatic carbocycles. The van der Waals surface area contributed by atoms with Gasteiger partial charge in [0.15, 0.2) is 5.82 Å². The quantitative estimate of drug-likeness (QED) is 0.579. The maximum absolute atomic E-state index is 12.4. The summed E-state index contributed by atoms with van der Waals surface area (Å²) in [6, 6.07) is 11.5. The first-order valence-electron chi connectivity index (χ1n) is 7.94. The number of thiazole rings is 1. The van der Waals surface area contributed by atoms with Gasteiger partial charge in [-0.2, -0.15) is 0 Å². The van der Waals surface area contributed by atoms with E-state index in [4.69, 9.17) is 4.42 Å². The van der Waals surface area contributed by atoms with Gasteiger partial charge in [-0.05, 0) is 24.3 Å². The molecule has 3 aromatic heterocycles. The molecule has 0 fully saturated rings. The number of furan rings is 1. The summed E-state index contributed by atoms with van der Waals surface area (Å²) < 4.78 is 7.18. The number of carbonyl (C=O) groups is 1. The van der Waals surface area contributed by atoms with Crippen molar-refractivity contribution in [1.29, 1.82) is 0 Å². The van der Waals surface area contributed by atoms with Crippen molar-refractivity contribution in [3.05, 3.63) is 59.3 Å². The van der Waals surface area contributed by atoms with Gasteiger partial charge in [-0.1, -0.05) is 12.1 Å². The van der Waals surface area contributed by atoms with Gasteiger partial charge in [-0.3, -0.25) is 4.79 Å². The Morgan fingerprint density at radius 3 is 2.96 bits per heavy atom. The summed E-state index contributed by atoms with van der Waals surface area (Å²) in [5.74, 6) is 1.51. The average molecular weight is 352 g/mol. The zero-order valence-electron chi connectivity index (χ0n) is 13.4. The molecule has 0 aliphatic heterocycles. The van der Waals surface area contributed by atoms with Gasteiger partial charge in [0, 0.05) is 18.3 Å². The molecule has 4 rings (SSSR count). The lowest BCUT2D eigenvalue weighted by Crippen LogP contribution is -2.29. The molecule has 0 unspecified atom stereocenters. The van der Waals surface area contributed by atoms with E-state index in [0.717, 1.165) is 22.5 Å². The Morgan fingerprint density at radius 2 is 2.16 bits per heavy atom. The van der Waals surface area contributed by atoms with Crippen LogP contribution in [0.4, 0.5) is 0 Å². The summed E-state index contributed by atoms with van der Waals surface area (Å²) in [5, 5.41) is 4.87. The van der Waals surface area contributed by atoms with Crippen molar-refractivity contribution in [2.75, 3.05) is 6.54 Å². The number of hydrogen-bond acceptors (Lipinski definition) is 5. The van der Waals surface area contributed by atoms with Gasteiger partial charge >= 0.3 is 0 Å². The van der Waals surface area contributed by atoms with E-state index in [-0.39, 0.29) is 12.5 Å². The minimum absolute atomic E-state index is 0.0637. The molecule has 4 aromatic rings. The number of rotatable bonds is 6. The van der Waals surface area contributed by atoms with Crippen LogP contribution in [0.25, 0.3) is 22.6 Å². The van der Waals surface area contributed by atoms with Crippen LogP contribution in [0.3, 0.4) is 0 Å². The molecular formula is C18H16N4O2S. The molecule has 126 valence electrons. The highest BCUT2D eigenvalue weighted by molar-refractivity contribution is 7.07. The first kappa shape index (κ1) is 15.6. The second kappa shape index (κ2) is 6.90. The summed E-state index contributed by atoms with van der Waals surface area (Å²) in [6.45, 7) is 0.733. The predicted octanol–water partition coefficient (Wildman–Crippen LogP) is 3.11. The van der Waals surface area contributed by atoms with Crippen LogP contribution < -0.4 is 5.32 Å². The van der Waals surface area contributed by atoms with Crippen molar-refractivity contribution in [3.63, 3.8) is 0 Å². The lowest BCUT2D eigenvalue weighted by molar-refractivity contribution is -0.121. The highest BCUT2D eigenvalue weighted by Gasteiger charge is 2.16. The summed E-state index contributed by atoms with van der Waals surface area (Å²) >= 11 is 1.51. The van der Waals surface area contributed by atoms with E-state index >= 15 is 0 Å². The van der Waals surface area contributed by atoms with Gasteiger partial charge in [-0.25, -0.2) is 9.97 Å². The summed E-state index contributed by atoms with van der Waals surface area (Å²) in [4.78, 5) is 21.4. The van der Waals surface area contributed by atoms with Crippen LogP contribution in [-0.2, 0) is 17.8 Å². The van der Waals surface area contributed by atoms with Gasteiger partial charge < -0.3 is 14.3 Å². The second-order valence-electron chi connectivity index (χ2n) is 5.56. The van der Waals surface area contributed by atoms with Crippen LogP contribution in [0.1, 0.15) is 5.76 Å². The number of aromatic nitrogens is 3. The smallest absolute Gasteiger partial charge is 0.240 e. The molecular weight excluding hydrogens is 336 g/mol. The SMILES string of the molecule is O=C(Cn1c(-c2cscn2)nc2ccccc21)NCCc1ccco1. The van der Waals surface area contributed by atoms with Crippen molar-refractivity contribution < 1.29 is 9.21 Å². The van der Waals surface area contributed by atoms with Gasteiger partial charge in [0.05, 0.1) is 22.8 Å². The van der Waals surface area contributed by atoms with E-state index in [9.17, 15) is 4.79 Å². The Hall–Kier alpha value is -2.93. The largest absolute Gasteiger partial charge is 0.469 e. The average Bonchev–Trinajstić information content (AvgIpc) is 3.36. The Kier molecular flexibility index (Phi) is 4.30. The van der Waals surface area contributed by atoms with Crippen molar-refractivity contribution in [1.82, 2.24) is 19.9 Å². The highest BCUT2D eigenvalue weighted by Crippen LogP contribution is 2.24. The Labute approximate surface area is 148 Å². The van der Waals surface area contributed by atoms with Crippen LogP contribution in [-0.4, -0.2) is 27.0 Å². The first-order valence-corrected chi connectivity index (χ1v) is 8.88.